The van der Waals surface area contributed by atoms with Crippen molar-refractivity contribution in [3.8, 4) is 0 Å². The molecule has 3 aromatic rings. The topological polar surface area (TPSA) is 36.4 Å². The van der Waals surface area contributed by atoms with Gasteiger partial charge in [-0.3, -0.25) is 9.69 Å². The summed E-state index contributed by atoms with van der Waals surface area (Å²) in [6.07, 6.45) is 1.79. The molecular formula is C25H29N3OS. The molecule has 0 N–H and O–H groups in total. The summed E-state index contributed by atoms with van der Waals surface area (Å²) >= 11 is 1.55. The van der Waals surface area contributed by atoms with Gasteiger partial charge in [0.1, 0.15) is 4.88 Å². The van der Waals surface area contributed by atoms with Crippen LogP contribution < -0.4 is 0 Å². The van der Waals surface area contributed by atoms with Gasteiger partial charge >= 0.3 is 0 Å². The average molecular weight is 420 g/mol. The molecule has 2 heterocycles. The minimum Gasteiger partial charge on any atom is -0.337 e. The van der Waals surface area contributed by atoms with Gasteiger partial charge in [0, 0.05) is 39.1 Å². The summed E-state index contributed by atoms with van der Waals surface area (Å²) in [5.41, 5.74) is 4.80. The number of hydrogen-bond acceptors (Lipinski definition) is 4. The van der Waals surface area contributed by atoms with Gasteiger partial charge < -0.3 is 4.90 Å². The second kappa shape index (κ2) is 9.54. The van der Waals surface area contributed by atoms with Crippen LogP contribution in [0.2, 0.25) is 0 Å². The minimum absolute atomic E-state index is 0.141. The Bertz CT molecular complexity index is 999. The van der Waals surface area contributed by atoms with Gasteiger partial charge in [-0.1, -0.05) is 54.6 Å². The summed E-state index contributed by atoms with van der Waals surface area (Å²) < 4.78 is 0. The number of thiazole rings is 1. The molecule has 1 amide bonds. The van der Waals surface area contributed by atoms with Crippen molar-refractivity contribution in [3.05, 3.63) is 86.9 Å². The molecule has 4 nitrogen and oxygen atoms in total. The van der Waals surface area contributed by atoms with Crippen LogP contribution in [0, 0.1) is 13.8 Å². The van der Waals surface area contributed by atoms with Gasteiger partial charge in [-0.25, -0.2) is 4.98 Å². The predicted octanol–water partition coefficient (Wildman–Crippen LogP) is 4.70. The lowest BCUT2D eigenvalue weighted by Gasteiger charge is -2.22. The van der Waals surface area contributed by atoms with Crippen molar-refractivity contribution < 1.29 is 4.79 Å². The maximum Gasteiger partial charge on any atom is 0.265 e. The van der Waals surface area contributed by atoms with E-state index < -0.39 is 0 Å². The van der Waals surface area contributed by atoms with Crippen LogP contribution >= 0.6 is 11.3 Å². The number of rotatable bonds is 5. The van der Waals surface area contributed by atoms with Crippen LogP contribution in [0.25, 0.3) is 0 Å². The Morgan fingerprint density at radius 2 is 1.73 bits per heavy atom. The van der Waals surface area contributed by atoms with E-state index in [4.69, 9.17) is 0 Å². The maximum absolute atomic E-state index is 13.2. The fourth-order valence-corrected chi connectivity index (χ4v) is 5.07. The Morgan fingerprint density at radius 3 is 2.53 bits per heavy atom. The fourth-order valence-electron chi connectivity index (χ4n) is 4.00. The van der Waals surface area contributed by atoms with E-state index in [2.05, 4.69) is 53.2 Å². The molecule has 1 aromatic heterocycles. The van der Waals surface area contributed by atoms with Crippen LogP contribution in [-0.4, -0.2) is 46.9 Å². The molecule has 0 spiro atoms. The molecule has 0 unspecified atom stereocenters. The van der Waals surface area contributed by atoms with Crippen LogP contribution in [0.3, 0.4) is 0 Å². The number of amides is 1. The average Bonchev–Trinajstić information content (AvgIpc) is 2.96. The highest BCUT2D eigenvalue weighted by molar-refractivity contribution is 7.13. The summed E-state index contributed by atoms with van der Waals surface area (Å²) in [7, 11) is 0. The molecule has 0 aliphatic carbocycles. The van der Waals surface area contributed by atoms with Gasteiger partial charge in [-0.2, -0.15) is 0 Å². The van der Waals surface area contributed by atoms with Crippen LogP contribution in [0.5, 0.6) is 0 Å². The van der Waals surface area contributed by atoms with E-state index in [-0.39, 0.29) is 5.91 Å². The largest absolute Gasteiger partial charge is 0.337 e. The van der Waals surface area contributed by atoms with E-state index >= 15 is 0 Å². The molecular weight excluding hydrogens is 390 g/mol. The number of benzene rings is 2. The first-order valence-corrected chi connectivity index (χ1v) is 11.5. The zero-order valence-electron chi connectivity index (χ0n) is 17.8. The number of aromatic nitrogens is 1. The first kappa shape index (κ1) is 20.8. The predicted molar refractivity (Wildman–Crippen MR) is 123 cm³/mol. The molecule has 4 rings (SSSR count). The third-order valence-electron chi connectivity index (χ3n) is 5.76. The van der Waals surface area contributed by atoms with Gasteiger partial charge in [-0.05, 0) is 37.0 Å². The van der Waals surface area contributed by atoms with Crippen molar-refractivity contribution in [2.24, 2.45) is 0 Å². The van der Waals surface area contributed by atoms with Crippen LogP contribution in [0.1, 0.15) is 43.5 Å². The molecule has 0 bridgehead atoms. The number of carbonyl (C=O) groups is 1. The zero-order chi connectivity index (χ0) is 20.9. The maximum atomic E-state index is 13.2. The standard InChI is InChI=1S/C25H29N3OS/c1-19-9-6-7-12-22(19)18-27-13-8-14-28(16-15-27)25(29)24-20(2)26-23(30-24)17-21-10-4-3-5-11-21/h3-7,9-12H,8,13-18H2,1-2H3. The van der Waals surface area contributed by atoms with Gasteiger partial charge in [0.25, 0.3) is 5.91 Å². The molecule has 1 fully saturated rings. The fraction of sp³-hybridized carbons (Fsp3) is 0.360. The smallest absolute Gasteiger partial charge is 0.265 e. The summed E-state index contributed by atoms with van der Waals surface area (Å²) in [4.78, 5) is 23.2. The van der Waals surface area contributed by atoms with Crippen LogP contribution in [0.15, 0.2) is 54.6 Å². The molecule has 1 aliphatic rings. The van der Waals surface area contributed by atoms with E-state index in [1.54, 1.807) is 11.3 Å². The van der Waals surface area contributed by atoms with Crippen molar-refractivity contribution in [2.45, 2.75) is 33.2 Å². The Balaban J connectivity index is 1.40. The number of aryl methyl sites for hydroxylation is 2. The quantitative estimate of drug-likeness (QED) is 0.601. The molecule has 30 heavy (non-hydrogen) atoms. The Hall–Kier alpha value is -2.50. The van der Waals surface area contributed by atoms with E-state index in [1.807, 2.05) is 30.0 Å². The summed E-state index contributed by atoms with van der Waals surface area (Å²) in [5, 5.41) is 1.01. The zero-order valence-corrected chi connectivity index (χ0v) is 18.6. The van der Waals surface area contributed by atoms with Crippen molar-refractivity contribution in [3.63, 3.8) is 0 Å². The molecule has 156 valence electrons. The first-order chi connectivity index (χ1) is 14.6. The molecule has 1 saturated heterocycles. The molecule has 2 aromatic carbocycles. The molecule has 0 atom stereocenters. The highest BCUT2D eigenvalue weighted by atomic mass is 32.1. The van der Waals surface area contributed by atoms with E-state index in [0.29, 0.717) is 0 Å². The molecule has 1 aliphatic heterocycles. The Kier molecular flexibility index (Phi) is 6.60. The lowest BCUT2D eigenvalue weighted by molar-refractivity contribution is 0.0765. The molecule has 0 saturated carbocycles. The van der Waals surface area contributed by atoms with Gasteiger partial charge in [0.2, 0.25) is 0 Å². The second-order valence-electron chi connectivity index (χ2n) is 8.03. The second-order valence-corrected chi connectivity index (χ2v) is 9.12. The molecule has 5 heteroatoms. The van der Waals surface area contributed by atoms with E-state index in [1.165, 1.54) is 16.7 Å². The minimum atomic E-state index is 0.141. The summed E-state index contributed by atoms with van der Waals surface area (Å²) in [5.74, 6) is 0.141. The van der Waals surface area contributed by atoms with Crippen LogP contribution in [-0.2, 0) is 13.0 Å². The number of hydrogen-bond donors (Lipinski definition) is 0. The number of carbonyl (C=O) groups excluding carboxylic acids is 1. The number of nitrogens with zero attached hydrogens (tertiary/aromatic N) is 3. The summed E-state index contributed by atoms with van der Waals surface area (Å²) in [6.45, 7) is 8.61. The monoisotopic (exact) mass is 419 g/mol. The highest BCUT2D eigenvalue weighted by Gasteiger charge is 2.24. The normalized spacial score (nSPS) is 15.2. The lowest BCUT2D eigenvalue weighted by Crippen LogP contribution is -2.35. The van der Waals surface area contributed by atoms with Crippen molar-refractivity contribution >= 4 is 17.2 Å². The SMILES string of the molecule is Cc1ccccc1CN1CCCN(C(=O)c2sc(Cc3ccccc3)nc2C)CC1. The van der Waals surface area contributed by atoms with E-state index in [9.17, 15) is 4.79 Å². The first-order valence-electron chi connectivity index (χ1n) is 10.7. The van der Waals surface area contributed by atoms with Crippen molar-refractivity contribution in [1.29, 1.82) is 0 Å². The van der Waals surface area contributed by atoms with Crippen molar-refractivity contribution in [1.82, 2.24) is 14.8 Å². The Morgan fingerprint density at radius 1 is 0.967 bits per heavy atom. The van der Waals surface area contributed by atoms with Crippen molar-refractivity contribution in [2.75, 3.05) is 26.2 Å². The highest BCUT2D eigenvalue weighted by Crippen LogP contribution is 2.23. The van der Waals surface area contributed by atoms with E-state index in [0.717, 1.165) is 61.1 Å². The Labute approximate surface area is 183 Å². The third kappa shape index (κ3) is 4.97. The van der Waals surface area contributed by atoms with Gasteiger partial charge in [0.15, 0.2) is 0 Å². The van der Waals surface area contributed by atoms with Gasteiger partial charge in [-0.15, -0.1) is 11.3 Å². The van der Waals surface area contributed by atoms with Gasteiger partial charge in [0.05, 0.1) is 10.7 Å². The summed E-state index contributed by atoms with van der Waals surface area (Å²) in [6, 6.07) is 18.9. The van der Waals surface area contributed by atoms with Crippen LogP contribution in [0.4, 0.5) is 0 Å². The third-order valence-corrected chi connectivity index (χ3v) is 6.91. The lowest BCUT2D eigenvalue weighted by atomic mass is 10.1. The molecule has 0 radical (unpaired) electrons.